The summed E-state index contributed by atoms with van der Waals surface area (Å²) in [5, 5.41) is 9.67. The minimum Gasteiger partial charge on any atom is -0.462 e. The third-order valence-electron chi connectivity index (χ3n) is 15.3. The van der Waals surface area contributed by atoms with Crippen molar-refractivity contribution < 1.29 is 24.2 Å². The molecular weight excluding hydrogens is 945 g/mol. The molecule has 1 unspecified atom stereocenters. The van der Waals surface area contributed by atoms with Crippen LogP contribution in [-0.4, -0.2) is 36.4 Å². The van der Waals surface area contributed by atoms with Gasteiger partial charge in [0.25, 0.3) is 0 Å². The van der Waals surface area contributed by atoms with Gasteiger partial charge in [-0.1, -0.05) is 350 Å². The molecule has 5 heteroatoms. The monoisotopic (exact) mass is 1070 g/mol. The molecule has 0 radical (unpaired) electrons. The van der Waals surface area contributed by atoms with Gasteiger partial charge >= 0.3 is 11.9 Å². The van der Waals surface area contributed by atoms with E-state index in [2.05, 4.69) is 86.8 Å². The second-order valence-electron chi connectivity index (χ2n) is 22.9. The summed E-state index contributed by atoms with van der Waals surface area (Å²) in [7, 11) is 0. The molecule has 0 saturated carbocycles. The molecule has 0 aromatic heterocycles. The molecule has 0 aromatic carbocycles. The molecule has 0 amide bonds. The number of hydrogen-bond donors (Lipinski definition) is 1. The van der Waals surface area contributed by atoms with Gasteiger partial charge in [0.2, 0.25) is 0 Å². The molecule has 0 spiro atoms. The van der Waals surface area contributed by atoms with Crippen LogP contribution in [0.15, 0.2) is 72.9 Å². The van der Waals surface area contributed by atoms with Crippen molar-refractivity contribution in [3.05, 3.63) is 72.9 Å². The molecule has 0 fully saturated rings. The Balaban J connectivity index is 3.41. The maximum atomic E-state index is 12.3. The summed E-state index contributed by atoms with van der Waals surface area (Å²) in [6.07, 6.45) is 93.8. The summed E-state index contributed by atoms with van der Waals surface area (Å²) in [5.74, 6) is -0.609. The summed E-state index contributed by atoms with van der Waals surface area (Å²) in [6, 6.07) is 0. The van der Waals surface area contributed by atoms with Crippen LogP contribution in [0.3, 0.4) is 0 Å². The summed E-state index contributed by atoms with van der Waals surface area (Å²) in [4.78, 5) is 24.6. The van der Waals surface area contributed by atoms with Crippen molar-refractivity contribution in [2.75, 3.05) is 13.2 Å². The van der Waals surface area contributed by atoms with Gasteiger partial charge in [0.15, 0.2) is 6.10 Å². The van der Waals surface area contributed by atoms with Crippen molar-refractivity contribution in [3.63, 3.8) is 0 Å². The average molecular weight is 1080 g/mol. The standard InChI is InChI=1S/C72H130O5/c1-3-5-7-9-11-13-15-17-19-21-23-25-27-28-29-30-31-32-33-34-35-36-37-38-39-40-41-42-43-45-46-48-50-52-54-56-58-60-62-64-66-71(74)76-69-70(68-73)77-72(75)67-65-63-61-59-57-55-53-51-49-47-44-26-24-22-20-18-16-14-12-10-8-6-4-2/h6,8,12,14,18,20,24,26,47,49,53,55,70,73H,3-5,7,9-11,13,15-17,19,21-23,25,27-46,48,50-52,54,56-69H2,1-2H3/b8-6-,14-12-,20-18-,26-24-,49-47-,55-53-. The zero-order chi connectivity index (χ0) is 55.5. The number of aliphatic hydroxyl groups excluding tert-OH is 1. The van der Waals surface area contributed by atoms with Crippen LogP contribution in [0.5, 0.6) is 0 Å². The van der Waals surface area contributed by atoms with Crippen molar-refractivity contribution in [1.82, 2.24) is 0 Å². The molecule has 0 aliphatic carbocycles. The summed E-state index contributed by atoms with van der Waals surface area (Å²) >= 11 is 0. The van der Waals surface area contributed by atoms with Gasteiger partial charge in [0.1, 0.15) is 6.61 Å². The lowest BCUT2D eigenvalue weighted by molar-refractivity contribution is -0.161. The normalized spacial score (nSPS) is 12.6. The molecule has 448 valence electrons. The van der Waals surface area contributed by atoms with E-state index in [-0.39, 0.29) is 25.2 Å². The summed E-state index contributed by atoms with van der Waals surface area (Å²) in [5.41, 5.74) is 0. The van der Waals surface area contributed by atoms with Gasteiger partial charge in [0.05, 0.1) is 6.61 Å². The minimum absolute atomic E-state index is 0.0766. The Morgan fingerprint density at radius 1 is 0.312 bits per heavy atom. The first-order chi connectivity index (χ1) is 38.1. The highest BCUT2D eigenvalue weighted by Gasteiger charge is 2.16. The van der Waals surface area contributed by atoms with Crippen LogP contribution in [0.4, 0.5) is 0 Å². The number of aliphatic hydroxyl groups is 1. The molecule has 0 aromatic rings. The van der Waals surface area contributed by atoms with Crippen LogP contribution in [0.1, 0.15) is 354 Å². The molecule has 1 atom stereocenters. The second-order valence-corrected chi connectivity index (χ2v) is 22.9. The Hall–Kier alpha value is -2.66. The Kier molecular flexibility index (Phi) is 65.3. The largest absolute Gasteiger partial charge is 0.462 e. The fourth-order valence-corrected chi connectivity index (χ4v) is 10.2. The minimum atomic E-state index is -0.790. The SMILES string of the molecule is CC/C=C\C/C=C\C/C=C\C/C=C\C/C=C\C/C=C\CCCCCCC(=O)OC(CO)COC(=O)CCCCCCCCCCCCCCCCCCCCCCCCCCCCCCCCCCCCCCCCCC. The number of ether oxygens (including phenoxy) is 2. The molecule has 0 rings (SSSR count). The van der Waals surface area contributed by atoms with Gasteiger partial charge in [-0.25, -0.2) is 0 Å². The zero-order valence-electron chi connectivity index (χ0n) is 51.5. The molecule has 77 heavy (non-hydrogen) atoms. The third-order valence-corrected chi connectivity index (χ3v) is 15.3. The lowest BCUT2D eigenvalue weighted by Crippen LogP contribution is -2.28. The summed E-state index contributed by atoms with van der Waals surface area (Å²) in [6.45, 7) is 4.05. The smallest absolute Gasteiger partial charge is 0.306 e. The van der Waals surface area contributed by atoms with Crippen molar-refractivity contribution in [3.8, 4) is 0 Å². The average Bonchev–Trinajstić information content (AvgIpc) is 3.43. The van der Waals surface area contributed by atoms with E-state index in [1.807, 2.05) is 0 Å². The van der Waals surface area contributed by atoms with E-state index in [4.69, 9.17) is 9.47 Å². The topological polar surface area (TPSA) is 72.8 Å². The Bertz CT molecular complexity index is 1360. The highest BCUT2D eigenvalue weighted by atomic mass is 16.6. The second kappa shape index (κ2) is 67.6. The van der Waals surface area contributed by atoms with E-state index >= 15 is 0 Å². The van der Waals surface area contributed by atoms with Crippen LogP contribution >= 0.6 is 0 Å². The number of allylic oxidation sites excluding steroid dienone is 12. The van der Waals surface area contributed by atoms with Gasteiger partial charge in [0, 0.05) is 12.8 Å². The van der Waals surface area contributed by atoms with Crippen molar-refractivity contribution >= 4 is 11.9 Å². The van der Waals surface area contributed by atoms with Crippen LogP contribution in [0, 0.1) is 0 Å². The molecule has 1 N–H and O–H groups in total. The van der Waals surface area contributed by atoms with E-state index < -0.39 is 6.10 Å². The number of hydrogen-bond acceptors (Lipinski definition) is 5. The molecule has 0 saturated heterocycles. The lowest BCUT2D eigenvalue weighted by Gasteiger charge is -2.15. The van der Waals surface area contributed by atoms with Crippen LogP contribution in [0.25, 0.3) is 0 Å². The molecule has 0 aliphatic heterocycles. The van der Waals surface area contributed by atoms with E-state index in [1.54, 1.807) is 0 Å². The predicted octanol–water partition coefficient (Wildman–Crippen LogP) is 23.5. The number of rotatable bonds is 63. The van der Waals surface area contributed by atoms with E-state index in [9.17, 15) is 14.7 Å². The fourth-order valence-electron chi connectivity index (χ4n) is 10.2. The highest BCUT2D eigenvalue weighted by molar-refractivity contribution is 5.70. The maximum Gasteiger partial charge on any atom is 0.306 e. The van der Waals surface area contributed by atoms with Gasteiger partial charge in [-0.2, -0.15) is 0 Å². The molecule has 5 nitrogen and oxygen atoms in total. The first-order valence-corrected chi connectivity index (χ1v) is 34.0. The zero-order valence-corrected chi connectivity index (χ0v) is 51.5. The number of carbonyl (C=O) groups is 2. The van der Waals surface area contributed by atoms with Gasteiger partial charge in [-0.05, 0) is 64.2 Å². The summed E-state index contributed by atoms with van der Waals surface area (Å²) < 4.78 is 10.7. The lowest BCUT2D eigenvalue weighted by atomic mass is 10.0. The van der Waals surface area contributed by atoms with Gasteiger partial charge < -0.3 is 14.6 Å². The molecule has 0 aliphatic rings. The number of unbranched alkanes of at least 4 members (excludes halogenated alkanes) is 43. The third kappa shape index (κ3) is 65.8. The van der Waals surface area contributed by atoms with Crippen LogP contribution in [0.2, 0.25) is 0 Å². The molecule has 0 bridgehead atoms. The predicted molar refractivity (Wildman–Crippen MR) is 339 cm³/mol. The number of esters is 2. The van der Waals surface area contributed by atoms with Crippen molar-refractivity contribution in [1.29, 1.82) is 0 Å². The van der Waals surface area contributed by atoms with E-state index in [1.165, 1.54) is 238 Å². The molecule has 0 heterocycles. The van der Waals surface area contributed by atoms with Crippen molar-refractivity contribution in [2.45, 2.75) is 360 Å². The van der Waals surface area contributed by atoms with Gasteiger partial charge in [-0.15, -0.1) is 0 Å². The van der Waals surface area contributed by atoms with Crippen molar-refractivity contribution in [2.24, 2.45) is 0 Å². The van der Waals surface area contributed by atoms with Crippen LogP contribution < -0.4 is 0 Å². The van der Waals surface area contributed by atoms with E-state index in [0.717, 1.165) is 89.9 Å². The van der Waals surface area contributed by atoms with Gasteiger partial charge in [-0.3, -0.25) is 9.59 Å². The first kappa shape index (κ1) is 74.3. The fraction of sp³-hybridized carbons (Fsp3) is 0.806. The quantitative estimate of drug-likeness (QED) is 0.0373. The highest BCUT2D eigenvalue weighted by Crippen LogP contribution is 2.19. The van der Waals surface area contributed by atoms with E-state index in [0.29, 0.717) is 12.8 Å². The maximum absolute atomic E-state index is 12.3. The number of carbonyl (C=O) groups excluding carboxylic acids is 2. The first-order valence-electron chi connectivity index (χ1n) is 34.0. The Labute approximate surface area is 480 Å². The Morgan fingerprint density at radius 2 is 0.558 bits per heavy atom. The molecular formula is C72H130O5. The Morgan fingerprint density at radius 3 is 0.844 bits per heavy atom. The van der Waals surface area contributed by atoms with Crippen LogP contribution in [-0.2, 0) is 19.1 Å².